The zero-order valence-corrected chi connectivity index (χ0v) is 8.79. The van der Waals surface area contributed by atoms with Crippen LogP contribution in [0.4, 0.5) is 0 Å². The predicted octanol–water partition coefficient (Wildman–Crippen LogP) is 3.00. The van der Waals surface area contributed by atoms with E-state index in [1.54, 1.807) is 0 Å². The molecule has 1 nitrogen and oxygen atoms in total. The van der Waals surface area contributed by atoms with E-state index in [0.29, 0.717) is 5.92 Å². The molecule has 0 aromatic heterocycles. The molecule has 0 amide bonds. The Morgan fingerprint density at radius 2 is 2.00 bits per heavy atom. The average Bonchev–Trinajstić information content (AvgIpc) is 2.96. The number of benzene rings is 1. The third kappa shape index (κ3) is 1.72. The highest BCUT2D eigenvalue weighted by Crippen LogP contribution is 2.41. The highest BCUT2D eigenvalue weighted by atomic mass is 16.1. The molecule has 1 fully saturated rings. The zero-order chi connectivity index (χ0) is 10.1. The Morgan fingerprint density at radius 3 is 2.50 bits per heavy atom. The molecule has 0 aliphatic heterocycles. The fourth-order valence-corrected chi connectivity index (χ4v) is 1.89. The second-order valence-electron chi connectivity index (χ2n) is 4.34. The summed E-state index contributed by atoms with van der Waals surface area (Å²) in [6.45, 7) is 4.21. The summed E-state index contributed by atoms with van der Waals surface area (Å²) in [6, 6.07) is 6.37. The van der Waals surface area contributed by atoms with Crippen molar-refractivity contribution in [1.29, 1.82) is 0 Å². The lowest BCUT2D eigenvalue weighted by Crippen LogP contribution is -2.03. The van der Waals surface area contributed by atoms with Crippen LogP contribution in [-0.2, 0) is 4.79 Å². The van der Waals surface area contributed by atoms with E-state index in [0.717, 1.165) is 6.29 Å². The maximum atomic E-state index is 11.0. The summed E-state index contributed by atoms with van der Waals surface area (Å²) >= 11 is 0. The van der Waals surface area contributed by atoms with Gasteiger partial charge in [0.15, 0.2) is 0 Å². The smallest absolute Gasteiger partial charge is 0.127 e. The van der Waals surface area contributed by atoms with Crippen LogP contribution in [-0.4, -0.2) is 6.29 Å². The van der Waals surface area contributed by atoms with Crippen molar-refractivity contribution in [2.45, 2.75) is 32.6 Å². The molecule has 0 heterocycles. The summed E-state index contributed by atoms with van der Waals surface area (Å²) in [4.78, 5) is 11.0. The number of carbonyl (C=O) groups excluding carboxylic acids is 1. The largest absolute Gasteiger partial charge is 0.303 e. The van der Waals surface area contributed by atoms with E-state index in [-0.39, 0.29) is 5.92 Å². The number of hydrogen-bond donors (Lipinski definition) is 0. The Labute approximate surface area is 85.1 Å². The van der Waals surface area contributed by atoms with Crippen molar-refractivity contribution in [1.82, 2.24) is 0 Å². The van der Waals surface area contributed by atoms with Crippen LogP contribution < -0.4 is 0 Å². The fraction of sp³-hybridized carbons (Fsp3) is 0.462. The Hall–Kier alpha value is -1.11. The van der Waals surface area contributed by atoms with E-state index in [1.165, 1.54) is 29.5 Å². The third-order valence-electron chi connectivity index (χ3n) is 3.19. The quantitative estimate of drug-likeness (QED) is 0.666. The molecular weight excluding hydrogens is 172 g/mol. The standard InChI is InChI=1S/C13H16O/c1-9-3-4-12(7-10(9)2)13(8-14)11-5-6-11/h3-4,7-8,11,13H,5-6H2,1-2H3. The maximum absolute atomic E-state index is 11.0. The first-order chi connectivity index (χ1) is 6.72. The molecule has 1 aliphatic carbocycles. The van der Waals surface area contributed by atoms with Gasteiger partial charge in [0, 0.05) is 5.92 Å². The first kappa shape index (κ1) is 9.45. The molecule has 1 unspecified atom stereocenters. The number of aldehydes is 1. The van der Waals surface area contributed by atoms with Crippen molar-refractivity contribution >= 4 is 6.29 Å². The van der Waals surface area contributed by atoms with Crippen molar-refractivity contribution in [3.05, 3.63) is 34.9 Å². The summed E-state index contributed by atoms with van der Waals surface area (Å²) in [5.41, 5.74) is 3.79. The average molecular weight is 188 g/mol. The van der Waals surface area contributed by atoms with E-state index in [1.807, 2.05) is 0 Å². The van der Waals surface area contributed by atoms with Gasteiger partial charge in [-0.3, -0.25) is 0 Å². The van der Waals surface area contributed by atoms with Gasteiger partial charge in [0.25, 0.3) is 0 Å². The first-order valence-electron chi connectivity index (χ1n) is 5.25. The van der Waals surface area contributed by atoms with Gasteiger partial charge in [0.2, 0.25) is 0 Å². The molecule has 1 aromatic rings. The predicted molar refractivity (Wildman–Crippen MR) is 57.4 cm³/mol. The van der Waals surface area contributed by atoms with Crippen LogP contribution in [0.5, 0.6) is 0 Å². The van der Waals surface area contributed by atoms with Gasteiger partial charge in [-0.25, -0.2) is 0 Å². The minimum absolute atomic E-state index is 0.147. The van der Waals surface area contributed by atoms with E-state index >= 15 is 0 Å². The highest BCUT2D eigenvalue weighted by molar-refractivity contribution is 5.63. The topological polar surface area (TPSA) is 17.1 Å². The maximum Gasteiger partial charge on any atom is 0.127 e. The Kier molecular flexibility index (Phi) is 2.40. The molecule has 1 heteroatoms. The van der Waals surface area contributed by atoms with Gasteiger partial charge in [-0.1, -0.05) is 18.2 Å². The van der Waals surface area contributed by atoms with Crippen LogP contribution in [0.3, 0.4) is 0 Å². The van der Waals surface area contributed by atoms with Gasteiger partial charge >= 0.3 is 0 Å². The van der Waals surface area contributed by atoms with Crippen LogP contribution in [0.25, 0.3) is 0 Å². The number of rotatable bonds is 3. The number of hydrogen-bond acceptors (Lipinski definition) is 1. The molecule has 1 atom stereocenters. The van der Waals surface area contributed by atoms with Gasteiger partial charge in [0.05, 0.1) is 0 Å². The molecule has 1 saturated carbocycles. The lowest BCUT2D eigenvalue weighted by atomic mass is 9.93. The SMILES string of the molecule is Cc1ccc(C(C=O)C2CC2)cc1C. The van der Waals surface area contributed by atoms with Crippen molar-refractivity contribution in [2.75, 3.05) is 0 Å². The highest BCUT2D eigenvalue weighted by Gasteiger charge is 2.31. The summed E-state index contributed by atoms with van der Waals surface area (Å²) in [5.74, 6) is 0.768. The van der Waals surface area contributed by atoms with Crippen LogP contribution >= 0.6 is 0 Å². The first-order valence-corrected chi connectivity index (χ1v) is 5.25. The molecule has 0 bridgehead atoms. The third-order valence-corrected chi connectivity index (χ3v) is 3.19. The fourth-order valence-electron chi connectivity index (χ4n) is 1.89. The molecule has 0 radical (unpaired) electrons. The van der Waals surface area contributed by atoms with Gasteiger partial charge in [-0.05, 0) is 49.3 Å². The molecule has 14 heavy (non-hydrogen) atoms. The minimum Gasteiger partial charge on any atom is -0.303 e. The number of carbonyl (C=O) groups is 1. The molecule has 74 valence electrons. The van der Waals surface area contributed by atoms with E-state index in [2.05, 4.69) is 32.0 Å². The Bertz CT molecular complexity index is 350. The van der Waals surface area contributed by atoms with Crippen molar-refractivity contribution in [3.8, 4) is 0 Å². The number of aryl methyl sites for hydroxylation is 2. The molecule has 0 spiro atoms. The van der Waals surface area contributed by atoms with Gasteiger partial charge in [-0.15, -0.1) is 0 Å². The van der Waals surface area contributed by atoms with Gasteiger partial charge < -0.3 is 4.79 Å². The van der Waals surface area contributed by atoms with E-state index < -0.39 is 0 Å². The minimum atomic E-state index is 0.147. The van der Waals surface area contributed by atoms with Crippen LogP contribution in [0.15, 0.2) is 18.2 Å². The Balaban J connectivity index is 2.29. The van der Waals surface area contributed by atoms with E-state index in [9.17, 15) is 4.79 Å². The van der Waals surface area contributed by atoms with Gasteiger partial charge in [-0.2, -0.15) is 0 Å². The molecule has 0 N–H and O–H groups in total. The lowest BCUT2D eigenvalue weighted by Gasteiger charge is -2.11. The molecule has 0 saturated heterocycles. The molecular formula is C13H16O. The summed E-state index contributed by atoms with van der Waals surface area (Å²) in [5, 5.41) is 0. The second-order valence-corrected chi connectivity index (χ2v) is 4.34. The van der Waals surface area contributed by atoms with Crippen LogP contribution in [0.2, 0.25) is 0 Å². The lowest BCUT2D eigenvalue weighted by molar-refractivity contribution is -0.109. The zero-order valence-electron chi connectivity index (χ0n) is 8.79. The molecule has 1 aliphatic rings. The van der Waals surface area contributed by atoms with Crippen LogP contribution in [0.1, 0.15) is 35.4 Å². The normalized spacial score (nSPS) is 17.9. The summed E-state index contributed by atoms with van der Waals surface area (Å²) in [6.07, 6.45) is 3.55. The summed E-state index contributed by atoms with van der Waals surface area (Å²) < 4.78 is 0. The van der Waals surface area contributed by atoms with Crippen molar-refractivity contribution in [2.24, 2.45) is 5.92 Å². The summed E-state index contributed by atoms with van der Waals surface area (Å²) in [7, 11) is 0. The molecule has 2 rings (SSSR count). The van der Waals surface area contributed by atoms with E-state index in [4.69, 9.17) is 0 Å². The molecule has 1 aromatic carbocycles. The monoisotopic (exact) mass is 188 g/mol. The Morgan fingerprint density at radius 1 is 1.29 bits per heavy atom. The van der Waals surface area contributed by atoms with Crippen molar-refractivity contribution in [3.63, 3.8) is 0 Å². The second kappa shape index (κ2) is 3.56. The van der Waals surface area contributed by atoms with Crippen LogP contribution in [0, 0.1) is 19.8 Å². The van der Waals surface area contributed by atoms with Crippen molar-refractivity contribution < 1.29 is 4.79 Å². The van der Waals surface area contributed by atoms with Gasteiger partial charge in [0.1, 0.15) is 6.29 Å².